The summed E-state index contributed by atoms with van der Waals surface area (Å²) in [4.78, 5) is 12.8. The molecular formula is C33H35ClN10O4. The number of pyridine rings is 1. The van der Waals surface area contributed by atoms with Gasteiger partial charge in [0.05, 0.1) is 63.6 Å². The molecule has 248 valence electrons. The van der Waals surface area contributed by atoms with Crippen molar-refractivity contribution >= 4 is 45.0 Å². The van der Waals surface area contributed by atoms with E-state index in [0.717, 1.165) is 50.3 Å². The van der Waals surface area contributed by atoms with E-state index in [9.17, 15) is 0 Å². The predicted molar refractivity (Wildman–Crippen MR) is 180 cm³/mol. The topological polar surface area (TPSA) is 140 Å². The first kappa shape index (κ1) is 32.9. The van der Waals surface area contributed by atoms with Crippen LogP contribution in [0.15, 0.2) is 86.0 Å². The fourth-order valence-corrected chi connectivity index (χ4v) is 5.29. The van der Waals surface area contributed by atoms with Gasteiger partial charge < -0.3 is 24.3 Å². The molecule has 1 N–H and O–H groups in total. The van der Waals surface area contributed by atoms with Crippen LogP contribution in [0.3, 0.4) is 0 Å². The summed E-state index contributed by atoms with van der Waals surface area (Å²) < 4.78 is 26.5. The van der Waals surface area contributed by atoms with Gasteiger partial charge in [-0.2, -0.15) is 15.3 Å². The predicted octanol–water partition coefficient (Wildman–Crippen LogP) is 4.97. The second-order valence-corrected chi connectivity index (χ2v) is 10.9. The summed E-state index contributed by atoms with van der Waals surface area (Å²) in [6, 6.07) is 15.9. The van der Waals surface area contributed by atoms with E-state index >= 15 is 0 Å². The second kappa shape index (κ2) is 16.2. The Kier molecular flexibility index (Phi) is 11.1. The number of aromatic nitrogens is 9. The number of nitrogens with zero attached hydrogens (tertiary/aromatic N) is 9. The molecule has 0 amide bonds. The monoisotopic (exact) mass is 670 g/mol. The minimum atomic E-state index is 0.436. The van der Waals surface area contributed by atoms with Gasteiger partial charge in [0.15, 0.2) is 11.0 Å². The van der Waals surface area contributed by atoms with Crippen molar-refractivity contribution in [1.29, 1.82) is 0 Å². The molecule has 0 spiro atoms. The van der Waals surface area contributed by atoms with Crippen LogP contribution in [0.5, 0.6) is 0 Å². The van der Waals surface area contributed by atoms with Crippen molar-refractivity contribution in [3.63, 3.8) is 0 Å². The number of hydrogen-bond donors (Lipinski definition) is 1. The molecule has 0 fully saturated rings. The van der Waals surface area contributed by atoms with Gasteiger partial charge in [-0.15, -0.1) is 0 Å². The zero-order valence-electron chi connectivity index (χ0n) is 26.6. The summed E-state index contributed by atoms with van der Waals surface area (Å²) in [5, 5.41) is 17.8. The summed E-state index contributed by atoms with van der Waals surface area (Å²) >= 11 is 5.99. The van der Waals surface area contributed by atoms with E-state index in [1.54, 1.807) is 29.4 Å². The Morgan fingerprint density at radius 2 is 1.46 bits per heavy atom. The number of hydrogen-bond acceptors (Lipinski definition) is 11. The summed E-state index contributed by atoms with van der Waals surface area (Å²) in [7, 11) is 3.30. The van der Waals surface area contributed by atoms with Crippen LogP contribution in [-0.4, -0.2) is 84.6 Å². The molecule has 7 rings (SSSR count). The van der Waals surface area contributed by atoms with Crippen LogP contribution in [0.1, 0.15) is 16.8 Å². The van der Waals surface area contributed by atoms with E-state index in [4.69, 9.17) is 30.5 Å². The van der Waals surface area contributed by atoms with Crippen LogP contribution >= 0.6 is 11.6 Å². The molecule has 0 atom stereocenters. The lowest BCUT2D eigenvalue weighted by Gasteiger charge is -2.10. The third kappa shape index (κ3) is 7.93. The van der Waals surface area contributed by atoms with E-state index in [1.165, 1.54) is 12.7 Å². The van der Waals surface area contributed by atoms with Crippen LogP contribution in [0.2, 0.25) is 5.15 Å². The second-order valence-electron chi connectivity index (χ2n) is 10.5. The first-order chi connectivity index (χ1) is 23.6. The molecule has 0 aliphatic rings. The van der Waals surface area contributed by atoms with E-state index in [1.807, 2.05) is 59.7 Å². The van der Waals surface area contributed by atoms with Gasteiger partial charge in [-0.1, -0.05) is 17.7 Å². The van der Waals surface area contributed by atoms with Crippen LogP contribution in [0.4, 0.5) is 11.5 Å². The molecule has 7 aromatic rings. The van der Waals surface area contributed by atoms with Gasteiger partial charge in [0.25, 0.3) is 0 Å². The molecule has 0 saturated heterocycles. The van der Waals surface area contributed by atoms with Gasteiger partial charge >= 0.3 is 0 Å². The average Bonchev–Trinajstić information content (AvgIpc) is 3.84. The molecule has 0 bridgehead atoms. The number of benzene rings is 1. The molecule has 6 aromatic heterocycles. The number of rotatable bonds is 14. The largest absolute Gasteiger partial charge is 0.382 e. The number of methoxy groups -OCH3 is 2. The van der Waals surface area contributed by atoms with Gasteiger partial charge in [-0.25, -0.2) is 19.0 Å². The minimum absolute atomic E-state index is 0.436. The maximum Gasteiger partial charge on any atom is 0.158 e. The highest BCUT2D eigenvalue weighted by atomic mass is 35.5. The lowest BCUT2D eigenvalue weighted by Crippen LogP contribution is -2.04. The van der Waals surface area contributed by atoms with Gasteiger partial charge in [-0.05, 0) is 42.5 Å². The molecule has 48 heavy (non-hydrogen) atoms. The fraction of sp³-hybridized carbons (Fsp3) is 0.273. The zero-order chi connectivity index (χ0) is 33.1. The Balaban J connectivity index is 0.000000211. The van der Waals surface area contributed by atoms with Crippen molar-refractivity contribution < 1.29 is 18.9 Å². The first-order valence-electron chi connectivity index (χ1n) is 15.2. The third-order valence-electron chi connectivity index (χ3n) is 7.35. The van der Waals surface area contributed by atoms with Gasteiger partial charge in [0.2, 0.25) is 0 Å². The molecule has 6 heterocycles. The van der Waals surface area contributed by atoms with Crippen molar-refractivity contribution in [3.8, 4) is 0 Å². The fourth-order valence-electron chi connectivity index (χ4n) is 5.04. The quantitative estimate of drug-likeness (QED) is 0.157. The maximum absolute atomic E-state index is 5.99. The highest BCUT2D eigenvalue weighted by Crippen LogP contribution is 2.26. The summed E-state index contributed by atoms with van der Waals surface area (Å²) in [5.74, 6) is 0.718. The number of fused-ring (bicyclic) bond motifs is 3. The number of ether oxygens (including phenoxy) is 4. The smallest absolute Gasteiger partial charge is 0.158 e. The Labute approximate surface area is 281 Å². The van der Waals surface area contributed by atoms with Crippen molar-refractivity contribution in [2.45, 2.75) is 19.8 Å². The van der Waals surface area contributed by atoms with Crippen molar-refractivity contribution in [2.24, 2.45) is 0 Å². The molecule has 0 aliphatic heterocycles. The molecule has 14 nitrogen and oxygen atoms in total. The Hall–Kier alpha value is -4.99. The highest BCUT2D eigenvalue weighted by molar-refractivity contribution is 6.32. The van der Waals surface area contributed by atoms with Crippen LogP contribution in [-0.2, 0) is 38.7 Å². The van der Waals surface area contributed by atoms with Gasteiger partial charge in [0.1, 0.15) is 23.7 Å². The van der Waals surface area contributed by atoms with E-state index in [-0.39, 0.29) is 0 Å². The van der Waals surface area contributed by atoms with Gasteiger partial charge in [-0.3, -0.25) is 9.67 Å². The summed E-state index contributed by atoms with van der Waals surface area (Å²) in [6.07, 6.45) is 10.4. The van der Waals surface area contributed by atoms with Crippen LogP contribution in [0, 0.1) is 0 Å². The highest BCUT2D eigenvalue weighted by Gasteiger charge is 2.12. The summed E-state index contributed by atoms with van der Waals surface area (Å²) in [5.41, 5.74) is 6.59. The molecular weight excluding hydrogens is 636 g/mol. The lowest BCUT2D eigenvalue weighted by molar-refractivity contribution is 0.0621. The zero-order valence-corrected chi connectivity index (χ0v) is 27.3. The van der Waals surface area contributed by atoms with Gasteiger partial charge in [0, 0.05) is 55.0 Å². The van der Waals surface area contributed by atoms with E-state index < -0.39 is 0 Å². The Bertz CT molecular complexity index is 2060. The SMILES string of the molecule is COCCOCc1ccn2ncnc(Cl)c12.COCCOCc1ccn2ncnc(Nc3ccc4c(cnn4Cc4ccccn4)c3)c12. The first-order valence-corrected chi connectivity index (χ1v) is 15.6. The minimum Gasteiger partial charge on any atom is -0.382 e. The van der Waals surface area contributed by atoms with Crippen LogP contribution in [0.25, 0.3) is 21.9 Å². The lowest BCUT2D eigenvalue weighted by atomic mass is 10.2. The molecule has 0 saturated carbocycles. The van der Waals surface area contributed by atoms with Crippen molar-refractivity contribution in [2.75, 3.05) is 46.0 Å². The van der Waals surface area contributed by atoms with E-state index in [0.29, 0.717) is 51.3 Å². The number of nitrogens with one attached hydrogen (secondary N) is 1. The Morgan fingerprint density at radius 3 is 2.17 bits per heavy atom. The third-order valence-corrected chi connectivity index (χ3v) is 7.63. The molecule has 0 aliphatic carbocycles. The number of halogens is 1. The van der Waals surface area contributed by atoms with Crippen LogP contribution < -0.4 is 5.32 Å². The van der Waals surface area contributed by atoms with E-state index in [2.05, 4.69) is 47.7 Å². The average molecular weight is 671 g/mol. The standard InChI is InChI=1S/C23H23N7O2.C10H12ClN3O2/c1-31-10-11-32-15-17-7-9-29-22(17)23(25-16-27-29)28-19-5-6-21-18(12-19)13-26-30(21)14-20-4-2-3-8-24-20;1-15-4-5-16-6-8-2-3-14-9(8)10(11)12-7-13-14/h2-9,12-13,16H,10-11,14-15H2,1H3,(H,25,27,28);2-3,7H,4-6H2,1H3. The molecule has 0 radical (unpaired) electrons. The van der Waals surface area contributed by atoms with Crippen molar-refractivity contribution in [3.05, 3.63) is 108 Å². The molecule has 1 aromatic carbocycles. The normalized spacial score (nSPS) is 11.3. The molecule has 0 unspecified atom stereocenters. The maximum atomic E-state index is 5.99. The number of anilines is 2. The Morgan fingerprint density at radius 1 is 0.750 bits per heavy atom. The molecule has 15 heteroatoms. The van der Waals surface area contributed by atoms with Crippen molar-refractivity contribution in [1.82, 2.24) is 44.0 Å². The summed E-state index contributed by atoms with van der Waals surface area (Å²) in [6.45, 7) is 3.79.